The summed E-state index contributed by atoms with van der Waals surface area (Å²) in [5, 5.41) is 0. The van der Waals surface area contributed by atoms with Gasteiger partial charge in [-0.2, -0.15) is 0 Å². The number of hydrogen-bond acceptors (Lipinski definition) is 2. The molecule has 2 amide bonds. The van der Waals surface area contributed by atoms with Gasteiger partial charge in [0.1, 0.15) is 5.82 Å². The van der Waals surface area contributed by atoms with Crippen LogP contribution in [0.2, 0.25) is 0 Å². The second kappa shape index (κ2) is 7.97. The second-order valence-electron chi connectivity index (χ2n) is 8.29. The van der Waals surface area contributed by atoms with Crippen LogP contribution in [0.4, 0.5) is 4.39 Å². The zero-order valence-corrected chi connectivity index (χ0v) is 17.0. The molecular formula is C24H27FN2O2. The standard InChI is InChI=1S/C24H27FN2O2/c1-16-7-3-5-9-20(16)24-21-15-26(13-19(21)14-27(24)17(2)28)23(29)12-11-18-8-4-6-10-22(18)25/h3-10,19,21,24H,11-15H2,1-2H3/t19-,21-,24-/m1/s1. The minimum atomic E-state index is -0.254. The van der Waals surface area contributed by atoms with E-state index in [9.17, 15) is 14.0 Å². The summed E-state index contributed by atoms with van der Waals surface area (Å²) in [6, 6.07) is 14.8. The molecule has 2 aliphatic heterocycles. The highest BCUT2D eigenvalue weighted by molar-refractivity contribution is 5.77. The molecule has 2 saturated heterocycles. The maximum atomic E-state index is 13.8. The first-order valence-electron chi connectivity index (χ1n) is 10.3. The molecule has 0 saturated carbocycles. The fraction of sp³-hybridized carbons (Fsp3) is 0.417. The Morgan fingerprint density at radius 2 is 1.76 bits per heavy atom. The molecule has 0 aromatic heterocycles. The van der Waals surface area contributed by atoms with Crippen molar-refractivity contribution in [3.05, 3.63) is 71.0 Å². The number of carbonyl (C=O) groups is 2. The zero-order chi connectivity index (χ0) is 20.5. The van der Waals surface area contributed by atoms with E-state index in [1.165, 1.54) is 17.2 Å². The Labute approximate surface area is 171 Å². The van der Waals surface area contributed by atoms with E-state index in [0.29, 0.717) is 44.0 Å². The van der Waals surface area contributed by atoms with Gasteiger partial charge in [0.25, 0.3) is 0 Å². The summed E-state index contributed by atoms with van der Waals surface area (Å²) in [4.78, 5) is 29.0. The quantitative estimate of drug-likeness (QED) is 0.793. The minimum absolute atomic E-state index is 0.0167. The molecule has 2 fully saturated rings. The molecule has 4 rings (SSSR count). The zero-order valence-electron chi connectivity index (χ0n) is 17.0. The predicted octanol–water partition coefficient (Wildman–Crippen LogP) is 3.74. The number of fused-ring (bicyclic) bond motifs is 1. The molecule has 4 nitrogen and oxygen atoms in total. The van der Waals surface area contributed by atoms with E-state index in [0.717, 1.165) is 0 Å². The minimum Gasteiger partial charge on any atom is -0.342 e. The number of rotatable bonds is 4. The molecule has 5 heteroatoms. The Balaban J connectivity index is 1.48. The summed E-state index contributed by atoms with van der Waals surface area (Å²) in [5.41, 5.74) is 2.94. The number of amides is 2. The molecule has 0 N–H and O–H groups in total. The molecule has 0 bridgehead atoms. The summed E-state index contributed by atoms with van der Waals surface area (Å²) < 4.78 is 13.8. The Hall–Kier alpha value is -2.69. The van der Waals surface area contributed by atoms with Crippen LogP contribution in [0.25, 0.3) is 0 Å². The van der Waals surface area contributed by atoms with Crippen LogP contribution in [-0.4, -0.2) is 41.2 Å². The Kier molecular flexibility index (Phi) is 5.39. The summed E-state index contributed by atoms with van der Waals surface area (Å²) in [6.07, 6.45) is 0.726. The average Bonchev–Trinajstić information content (AvgIpc) is 3.26. The molecule has 0 radical (unpaired) electrons. The van der Waals surface area contributed by atoms with Crippen LogP contribution in [0.1, 0.15) is 36.1 Å². The van der Waals surface area contributed by atoms with Gasteiger partial charge in [-0.1, -0.05) is 42.5 Å². The normalized spacial score (nSPS) is 23.3. The molecule has 0 spiro atoms. The van der Waals surface area contributed by atoms with Gasteiger partial charge in [-0.25, -0.2) is 4.39 Å². The average molecular weight is 394 g/mol. The van der Waals surface area contributed by atoms with Gasteiger partial charge in [-0.3, -0.25) is 9.59 Å². The number of aryl methyl sites for hydroxylation is 2. The molecular weight excluding hydrogens is 367 g/mol. The van der Waals surface area contributed by atoms with Crippen LogP contribution in [0.3, 0.4) is 0 Å². The summed E-state index contributed by atoms with van der Waals surface area (Å²) in [6.45, 7) is 5.73. The SMILES string of the molecule is CC(=O)N1C[C@H]2CN(C(=O)CCc3ccccc3F)C[C@H]2[C@H]1c1ccccc1C. The van der Waals surface area contributed by atoms with Gasteiger partial charge in [0.05, 0.1) is 6.04 Å². The summed E-state index contributed by atoms with van der Waals surface area (Å²) in [5.74, 6) is 0.444. The highest BCUT2D eigenvalue weighted by Crippen LogP contribution is 2.45. The third-order valence-electron chi connectivity index (χ3n) is 6.49. The van der Waals surface area contributed by atoms with Crippen LogP contribution in [0.5, 0.6) is 0 Å². The second-order valence-corrected chi connectivity index (χ2v) is 8.29. The first-order valence-corrected chi connectivity index (χ1v) is 10.3. The van der Waals surface area contributed by atoms with Gasteiger partial charge >= 0.3 is 0 Å². The third kappa shape index (κ3) is 3.78. The molecule has 2 aromatic carbocycles. The van der Waals surface area contributed by atoms with Crippen molar-refractivity contribution in [2.75, 3.05) is 19.6 Å². The van der Waals surface area contributed by atoms with Crippen LogP contribution in [0.15, 0.2) is 48.5 Å². The first-order chi connectivity index (χ1) is 14.0. The predicted molar refractivity (Wildman–Crippen MR) is 110 cm³/mol. The smallest absolute Gasteiger partial charge is 0.222 e. The molecule has 2 aromatic rings. The van der Waals surface area contributed by atoms with Crippen molar-refractivity contribution < 1.29 is 14.0 Å². The Morgan fingerprint density at radius 1 is 1.03 bits per heavy atom. The summed E-state index contributed by atoms with van der Waals surface area (Å²) in [7, 11) is 0. The lowest BCUT2D eigenvalue weighted by Crippen LogP contribution is -2.36. The highest BCUT2D eigenvalue weighted by atomic mass is 19.1. The largest absolute Gasteiger partial charge is 0.342 e. The van der Waals surface area contributed by atoms with Crippen molar-refractivity contribution >= 4 is 11.8 Å². The van der Waals surface area contributed by atoms with E-state index in [-0.39, 0.29) is 29.6 Å². The lowest BCUT2D eigenvalue weighted by molar-refractivity contribution is -0.131. The number of hydrogen-bond donors (Lipinski definition) is 0. The van der Waals surface area contributed by atoms with Gasteiger partial charge in [-0.05, 0) is 36.1 Å². The van der Waals surface area contributed by atoms with Gasteiger partial charge in [0.15, 0.2) is 0 Å². The topological polar surface area (TPSA) is 40.6 Å². The maximum absolute atomic E-state index is 13.8. The third-order valence-corrected chi connectivity index (χ3v) is 6.49. The van der Waals surface area contributed by atoms with E-state index < -0.39 is 0 Å². The van der Waals surface area contributed by atoms with Crippen molar-refractivity contribution in [2.45, 2.75) is 32.7 Å². The molecule has 29 heavy (non-hydrogen) atoms. The Bertz CT molecular complexity index is 929. The monoisotopic (exact) mass is 394 g/mol. The van der Waals surface area contributed by atoms with Gasteiger partial charge in [-0.15, -0.1) is 0 Å². The van der Waals surface area contributed by atoms with Gasteiger partial charge in [0.2, 0.25) is 11.8 Å². The number of nitrogens with zero attached hydrogens (tertiary/aromatic N) is 2. The van der Waals surface area contributed by atoms with Crippen LogP contribution in [-0.2, 0) is 16.0 Å². The van der Waals surface area contributed by atoms with Crippen molar-refractivity contribution in [1.29, 1.82) is 0 Å². The fourth-order valence-electron chi connectivity index (χ4n) is 4.99. The molecule has 152 valence electrons. The molecule has 0 aliphatic carbocycles. The maximum Gasteiger partial charge on any atom is 0.222 e. The number of likely N-dealkylation sites (tertiary alicyclic amines) is 2. The number of carbonyl (C=O) groups excluding carboxylic acids is 2. The lowest BCUT2D eigenvalue weighted by Gasteiger charge is -2.30. The van der Waals surface area contributed by atoms with E-state index in [2.05, 4.69) is 19.1 Å². The van der Waals surface area contributed by atoms with Crippen molar-refractivity contribution in [1.82, 2.24) is 9.80 Å². The number of benzene rings is 2. The molecule has 3 atom stereocenters. The van der Waals surface area contributed by atoms with Crippen molar-refractivity contribution in [3.8, 4) is 0 Å². The van der Waals surface area contributed by atoms with Gasteiger partial charge in [0, 0.05) is 44.8 Å². The van der Waals surface area contributed by atoms with Crippen LogP contribution in [0, 0.1) is 24.6 Å². The first kappa shape index (κ1) is 19.6. The fourth-order valence-corrected chi connectivity index (χ4v) is 4.99. The molecule has 2 heterocycles. The molecule has 2 aliphatic rings. The number of halogens is 1. The highest BCUT2D eigenvalue weighted by Gasteiger charge is 2.49. The van der Waals surface area contributed by atoms with Crippen LogP contribution < -0.4 is 0 Å². The Morgan fingerprint density at radius 3 is 2.48 bits per heavy atom. The van der Waals surface area contributed by atoms with E-state index in [4.69, 9.17) is 0 Å². The van der Waals surface area contributed by atoms with E-state index >= 15 is 0 Å². The van der Waals surface area contributed by atoms with Crippen LogP contribution >= 0.6 is 0 Å². The van der Waals surface area contributed by atoms with Crippen molar-refractivity contribution in [2.24, 2.45) is 11.8 Å². The van der Waals surface area contributed by atoms with E-state index in [1.807, 2.05) is 21.9 Å². The molecule has 0 unspecified atom stereocenters. The van der Waals surface area contributed by atoms with E-state index in [1.54, 1.807) is 25.1 Å². The lowest BCUT2D eigenvalue weighted by atomic mass is 9.87. The van der Waals surface area contributed by atoms with Gasteiger partial charge < -0.3 is 9.80 Å². The summed E-state index contributed by atoms with van der Waals surface area (Å²) >= 11 is 0. The van der Waals surface area contributed by atoms with Crippen molar-refractivity contribution in [3.63, 3.8) is 0 Å².